The summed E-state index contributed by atoms with van der Waals surface area (Å²) in [5.41, 5.74) is 0.283. The van der Waals surface area contributed by atoms with Crippen LogP contribution in [-0.4, -0.2) is 22.6 Å². The maximum Gasteiger partial charge on any atom is 0.335 e. The highest BCUT2D eigenvalue weighted by atomic mass is 16.4. The summed E-state index contributed by atoms with van der Waals surface area (Å²) in [6, 6.07) is 3.10. The third-order valence-corrected chi connectivity index (χ3v) is 3.59. The van der Waals surface area contributed by atoms with Gasteiger partial charge in [-0.1, -0.05) is 32.1 Å². The summed E-state index contributed by atoms with van der Waals surface area (Å²) in [6.45, 7) is 0.876. The zero-order valence-corrected chi connectivity index (χ0v) is 10.6. The molecule has 4 nitrogen and oxygen atoms in total. The number of aromatic nitrogens is 1. The summed E-state index contributed by atoms with van der Waals surface area (Å²) in [7, 11) is 0. The van der Waals surface area contributed by atoms with Crippen LogP contribution in [0.25, 0.3) is 0 Å². The van der Waals surface area contributed by atoms with E-state index in [1.807, 2.05) is 0 Å². The van der Waals surface area contributed by atoms with E-state index in [0.29, 0.717) is 5.82 Å². The summed E-state index contributed by atoms with van der Waals surface area (Å²) in [4.78, 5) is 14.9. The first-order valence-corrected chi connectivity index (χ1v) is 6.69. The maximum atomic E-state index is 10.8. The van der Waals surface area contributed by atoms with Crippen LogP contribution in [0.5, 0.6) is 0 Å². The van der Waals surface area contributed by atoms with Crippen molar-refractivity contribution in [1.29, 1.82) is 0 Å². The Morgan fingerprint density at radius 2 is 2.17 bits per heavy atom. The van der Waals surface area contributed by atoms with Crippen LogP contribution in [0, 0.1) is 5.92 Å². The van der Waals surface area contributed by atoms with Crippen molar-refractivity contribution in [2.45, 2.75) is 38.5 Å². The standard InChI is InChI=1S/C14H20N2O2/c17-14(18)12-7-9-16-13(10-12)15-8-6-11-4-2-1-3-5-11/h7,9-11H,1-6,8H2,(H,15,16)(H,17,18). The molecule has 2 rings (SSSR count). The first-order valence-electron chi connectivity index (χ1n) is 6.69. The van der Waals surface area contributed by atoms with Gasteiger partial charge in [-0.25, -0.2) is 9.78 Å². The normalized spacial score (nSPS) is 16.4. The molecule has 1 aliphatic carbocycles. The van der Waals surface area contributed by atoms with E-state index in [4.69, 9.17) is 5.11 Å². The highest BCUT2D eigenvalue weighted by Crippen LogP contribution is 2.26. The Morgan fingerprint density at radius 1 is 1.39 bits per heavy atom. The quantitative estimate of drug-likeness (QED) is 0.840. The van der Waals surface area contributed by atoms with Crippen molar-refractivity contribution in [1.82, 2.24) is 4.98 Å². The fourth-order valence-electron chi connectivity index (χ4n) is 2.54. The van der Waals surface area contributed by atoms with Crippen LogP contribution < -0.4 is 5.32 Å². The van der Waals surface area contributed by atoms with Gasteiger partial charge in [-0.15, -0.1) is 0 Å². The highest BCUT2D eigenvalue weighted by Gasteiger charge is 2.12. The monoisotopic (exact) mass is 248 g/mol. The van der Waals surface area contributed by atoms with Crippen LogP contribution in [0.2, 0.25) is 0 Å². The van der Waals surface area contributed by atoms with Gasteiger partial charge < -0.3 is 10.4 Å². The summed E-state index contributed by atoms with van der Waals surface area (Å²) in [6.07, 6.45) is 9.46. The molecule has 1 saturated carbocycles. The minimum Gasteiger partial charge on any atom is -0.478 e. The minimum absolute atomic E-state index is 0.283. The van der Waals surface area contributed by atoms with Gasteiger partial charge in [-0.3, -0.25) is 0 Å². The molecule has 4 heteroatoms. The summed E-state index contributed by atoms with van der Waals surface area (Å²) in [5.74, 6) is 0.576. The minimum atomic E-state index is -0.910. The molecule has 0 unspecified atom stereocenters. The molecule has 1 aromatic rings. The van der Waals surface area contributed by atoms with Gasteiger partial charge in [-0.2, -0.15) is 0 Å². The molecule has 1 heterocycles. The summed E-state index contributed by atoms with van der Waals surface area (Å²) >= 11 is 0. The number of anilines is 1. The second kappa shape index (κ2) is 6.38. The Labute approximate surface area is 107 Å². The second-order valence-corrected chi connectivity index (χ2v) is 4.95. The van der Waals surface area contributed by atoms with Gasteiger partial charge in [0.1, 0.15) is 5.82 Å². The number of carboxylic acid groups (broad SMARTS) is 1. The van der Waals surface area contributed by atoms with E-state index in [0.717, 1.165) is 18.9 Å². The Balaban J connectivity index is 1.78. The molecule has 0 spiro atoms. The van der Waals surface area contributed by atoms with Gasteiger partial charge in [0.05, 0.1) is 5.56 Å². The van der Waals surface area contributed by atoms with Crippen LogP contribution in [0.1, 0.15) is 48.9 Å². The van der Waals surface area contributed by atoms with E-state index < -0.39 is 5.97 Å². The van der Waals surface area contributed by atoms with E-state index in [1.54, 1.807) is 6.07 Å². The predicted octanol–water partition coefficient (Wildman–Crippen LogP) is 3.16. The maximum absolute atomic E-state index is 10.8. The third-order valence-electron chi connectivity index (χ3n) is 3.59. The molecule has 1 aliphatic rings. The molecule has 0 aromatic carbocycles. The second-order valence-electron chi connectivity index (χ2n) is 4.95. The van der Waals surface area contributed by atoms with Crippen molar-refractivity contribution >= 4 is 11.8 Å². The van der Waals surface area contributed by atoms with Crippen LogP contribution in [-0.2, 0) is 0 Å². The molecule has 98 valence electrons. The Bertz CT molecular complexity index is 401. The number of pyridine rings is 1. The van der Waals surface area contributed by atoms with Crippen molar-refractivity contribution in [2.75, 3.05) is 11.9 Å². The molecule has 0 atom stereocenters. The van der Waals surface area contributed by atoms with Crippen LogP contribution in [0.4, 0.5) is 5.82 Å². The number of hydrogen-bond acceptors (Lipinski definition) is 3. The molecule has 1 fully saturated rings. The molecule has 18 heavy (non-hydrogen) atoms. The number of hydrogen-bond donors (Lipinski definition) is 2. The Kier molecular flexibility index (Phi) is 4.56. The number of carbonyl (C=O) groups is 1. The molecule has 2 N–H and O–H groups in total. The van der Waals surface area contributed by atoms with Crippen molar-refractivity contribution < 1.29 is 9.90 Å². The average Bonchev–Trinajstić information content (AvgIpc) is 2.40. The summed E-state index contributed by atoms with van der Waals surface area (Å²) < 4.78 is 0. The largest absolute Gasteiger partial charge is 0.478 e. The Morgan fingerprint density at radius 3 is 2.89 bits per heavy atom. The lowest BCUT2D eigenvalue weighted by atomic mass is 9.87. The lowest BCUT2D eigenvalue weighted by molar-refractivity contribution is 0.0697. The lowest BCUT2D eigenvalue weighted by Gasteiger charge is -2.21. The molecule has 1 aromatic heterocycles. The van der Waals surface area contributed by atoms with Crippen molar-refractivity contribution in [3.05, 3.63) is 23.9 Å². The molecular weight excluding hydrogens is 228 g/mol. The average molecular weight is 248 g/mol. The van der Waals surface area contributed by atoms with E-state index in [2.05, 4.69) is 10.3 Å². The molecular formula is C14H20N2O2. The Hall–Kier alpha value is -1.58. The van der Waals surface area contributed by atoms with Crippen LogP contribution in [0.3, 0.4) is 0 Å². The predicted molar refractivity (Wildman–Crippen MR) is 70.9 cm³/mol. The van der Waals surface area contributed by atoms with Crippen LogP contribution >= 0.6 is 0 Å². The molecule has 0 saturated heterocycles. The molecule has 0 bridgehead atoms. The van der Waals surface area contributed by atoms with Gasteiger partial charge in [0, 0.05) is 12.7 Å². The topological polar surface area (TPSA) is 62.2 Å². The third kappa shape index (κ3) is 3.72. The van der Waals surface area contributed by atoms with E-state index in [1.165, 1.54) is 44.4 Å². The molecule has 0 amide bonds. The number of rotatable bonds is 5. The zero-order valence-electron chi connectivity index (χ0n) is 10.6. The van der Waals surface area contributed by atoms with E-state index >= 15 is 0 Å². The first kappa shape index (κ1) is 12.9. The first-order chi connectivity index (χ1) is 8.75. The van der Waals surface area contributed by atoms with Crippen molar-refractivity contribution in [3.8, 4) is 0 Å². The molecule has 0 aliphatic heterocycles. The van der Waals surface area contributed by atoms with Crippen LogP contribution in [0.15, 0.2) is 18.3 Å². The highest BCUT2D eigenvalue weighted by molar-refractivity contribution is 5.88. The lowest BCUT2D eigenvalue weighted by Crippen LogP contribution is -2.13. The van der Waals surface area contributed by atoms with Gasteiger partial charge in [-0.05, 0) is 24.5 Å². The van der Waals surface area contributed by atoms with Crippen molar-refractivity contribution in [2.24, 2.45) is 5.92 Å². The number of nitrogens with one attached hydrogen (secondary N) is 1. The smallest absolute Gasteiger partial charge is 0.335 e. The number of aromatic carboxylic acids is 1. The van der Waals surface area contributed by atoms with Gasteiger partial charge >= 0.3 is 5.97 Å². The van der Waals surface area contributed by atoms with E-state index in [-0.39, 0.29) is 5.56 Å². The number of nitrogens with zero attached hydrogens (tertiary/aromatic N) is 1. The van der Waals surface area contributed by atoms with E-state index in [9.17, 15) is 4.79 Å². The van der Waals surface area contributed by atoms with Gasteiger partial charge in [0.15, 0.2) is 0 Å². The SMILES string of the molecule is O=C(O)c1ccnc(NCCC2CCCCC2)c1. The number of carboxylic acids is 1. The van der Waals surface area contributed by atoms with Crippen molar-refractivity contribution in [3.63, 3.8) is 0 Å². The fraction of sp³-hybridized carbons (Fsp3) is 0.571. The molecule has 0 radical (unpaired) electrons. The van der Waals surface area contributed by atoms with Gasteiger partial charge in [0.25, 0.3) is 0 Å². The zero-order chi connectivity index (χ0) is 12.8. The van der Waals surface area contributed by atoms with Gasteiger partial charge in [0.2, 0.25) is 0 Å². The summed E-state index contributed by atoms with van der Waals surface area (Å²) in [5, 5.41) is 12.1. The fourth-order valence-corrected chi connectivity index (χ4v) is 2.54.